The summed E-state index contributed by atoms with van der Waals surface area (Å²) in [5, 5.41) is 30.1. The third kappa shape index (κ3) is 23.9. The third-order valence-electron chi connectivity index (χ3n) is 26.2. The number of hydrogen-bond acceptors (Lipinski definition) is 36. The quantitative estimate of drug-likeness (QED) is 0.0211. The molecule has 16 heterocycles. The number of para-hydroxylation sites is 4. The van der Waals surface area contributed by atoms with Crippen LogP contribution in [0.4, 0.5) is 115 Å². The fraction of sp³-hybridized carbons (Fsp3) is 0.388. The molecule has 12 aromatic rings. The van der Waals surface area contributed by atoms with Crippen molar-refractivity contribution in [2.75, 3.05) is 249 Å². The van der Waals surface area contributed by atoms with Gasteiger partial charge in [-0.2, -0.15) is 19.9 Å². The molecular weight excluding hydrogens is 1970 g/mol. The lowest BCUT2D eigenvalue weighted by atomic mass is 9.73. The van der Waals surface area contributed by atoms with Crippen molar-refractivity contribution in [3.05, 3.63) is 191 Å². The lowest BCUT2D eigenvalue weighted by Gasteiger charge is -2.55. The van der Waals surface area contributed by atoms with Gasteiger partial charge in [-0.05, 0) is 170 Å². The van der Waals surface area contributed by atoms with Crippen LogP contribution in [0.25, 0.3) is 0 Å². The van der Waals surface area contributed by atoms with E-state index in [4.69, 9.17) is 84.3 Å². The number of nitrogens with zero attached hydrogens (tertiary/aromatic N) is 16. The van der Waals surface area contributed by atoms with Crippen molar-refractivity contribution < 1.29 is 56.2 Å². The summed E-state index contributed by atoms with van der Waals surface area (Å²) in [5.41, 5.74) is 9.65. The zero-order valence-corrected chi connectivity index (χ0v) is 87.7. The maximum absolute atomic E-state index is 12.8. The predicted octanol–water partition coefficient (Wildman–Crippen LogP) is 18.8. The second-order valence-corrected chi connectivity index (χ2v) is 52.6. The highest BCUT2D eigenvalue weighted by molar-refractivity contribution is 7.71. The van der Waals surface area contributed by atoms with Gasteiger partial charge in [0.05, 0.1) is 143 Å². The minimum absolute atomic E-state index is 0.229. The van der Waals surface area contributed by atoms with Gasteiger partial charge in [-0.3, -0.25) is 0 Å². The van der Waals surface area contributed by atoms with Gasteiger partial charge in [0.1, 0.15) is 65.7 Å². The number of ether oxygens (including phenoxy) is 8. The fourth-order valence-corrected chi connectivity index (χ4v) is 23.8. The zero-order valence-electron chi connectivity index (χ0n) is 81.1. The van der Waals surface area contributed by atoms with E-state index in [9.17, 15) is 18.3 Å². The summed E-state index contributed by atoms with van der Waals surface area (Å²) < 4.78 is 95.3. The van der Waals surface area contributed by atoms with Crippen molar-refractivity contribution in [1.29, 1.82) is 0 Å². The Balaban J connectivity index is 0.000000130. The van der Waals surface area contributed by atoms with E-state index in [1.165, 1.54) is 24.8 Å². The Morgan fingerprint density at radius 3 is 0.951 bits per heavy atom. The molecule has 0 unspecified atom stereocenters. The summed E-state index contributed by atoms with van der Waals surface area (Å²) in [6.07, 6.45) is 19.9. The number of aromatic nitrogens is 12. The van der Waals surface area contributed by atoms with Crippen LogP contribution in [0.3, 0.4) is 0 Å². The molecule has 8 aromatic heterocycles. The molecular formula is C98H116Cl4N24O12P4. The molecule has 8 aliphatic rings. The molecule has 0 saturated carbocycles. The van der Waals surface area contributed by atoms with Crippen molar-refractivity contribution in [3.63, 3.8) is 0 Å². The Kier molecular flexibility index (Phi) is 31.0. The van der Waals surface area contributed by atoms with Crippen LogP contribution in [0.2, 0.25) is 20.1 Å². The lowest BCUT2D eigenvalue weighted by Crippen LogP contribution is -2.66. The first-order chi connectivity index (χ1) is 68.1. The van der Waals surface area contributed by atoms with E-state index in [1.807, 2.05) is 134 Å². The van der Waals surface area contributed by atoms with Gasteiger partial charge in [-0.1, -0.05) is 94.9 Å². The summed E-state index contributed by atoms with van der Waals surface area (Å²) in [6, 6.07) is 37.6. The van der Waals surface area contributed by atoms with E-state index >= 15 is 0 Å². The van der Waals surface area contributed by atoms with Gasteiger partial charge >= 0.3 is 0 Å². The molecule has 0 amide bonds. The fourth-order valence-electron chi connectivity index (χ4n) is 18.6. The molecule has 20 rings (SSSR count). The standard InChI is InChI=1S/C26H32ClN6O3P.C25H30ClN6O3P.C24H28ClN6O3P.C23H26ClN6O3P/c1-35-24-21(14-18(15-28-24)33-11-8-26(17-33)9-12-36-13-10-26)31-25-29-16-19(27)23(32-25)30-20-6-4-5-7-22(20)37(2,3)34;1-34-23-20(12-17(13-27-23)32-15-25(16-32)8-10-35-11-9-25)30-24-28-14-18(26)22(31-24)29-19-6-4-5-7-21(19)36(2,3)33;1-33-20-18(8-10-26-22(20)31-13-24(14-31)9-11-34-15-24)29-23-27-12-16(25)21(30-23)28-17-6-4-5-7-19(17)35(2,3)32;1-32-21-18(8-15(9-25-21)30-11-23(12-30)13-33-14-23)28-22-26-10-16(24)20(29-22)27-17-6-4-5-7-19(17)34(2,3)31/h4-7,14-16H,8-13,17H2,1-3H3,(H2,29,30,31,32);4-7,12-14H,8-11,15-16H2,1-3H3,(H2,28,29,30,31);4-8,10,12H,9,11,13-15H2,1-3H3,(H2,26,27,28,29,30);4-10H,11-14H2,1-3H3,(H2,26,27,28,29). The molecule has 0 bridgehead atoms. The Labute approximate surface area is 845 Å². The molecule has 8 saturated heterocycles. The van der Waals surface area contributed by atoms with E-state index < -0.39 is 28.6 Å². The van der Waals surface area contributed by atoms with E-state index in [0.717, 1.165) is 188 Å². The van der Waals surface area contributed by atoms with Gasteiger partial charge in [0, 0.05) is 124 Å². The van der Waals surface area contributed by atoms with Crippen LogP contribution in [0.5, 0.6) is 23.4 Å². The predicted molar refractivity (Wildman–Crippen MR) is 569 cm³/mol. The highest BCUT2D eigenvalue weighted by Gasteiger charge is 2.51. The molecule has 44 heteroatoms. The Bertz CT molecular complexity index is 6780. The van der Waals surface area contributed by atoms with Crippen LogP contribution >= 0.6 is 75.0 Å². The molecule has 0 aliphatic carbocycles. The SMILES string of the molecule is COc1c(Nc2ncc(Cl)c(Nc3ccccc3P(C)(C)=O)n2)ccnc1N1CC2(CCOC2)C1.COc1ncc(N2CC3(CCOCC3)C2)cc1Nc1ncc(Cl)c(Nc2ccccc2P(C)(C)=O)n1.COc1ncc(N2CC3(COC3)C2)cc1Nc1ncc(Cl)c(Nc2ccccc2P(C)(C)=O)n1.COc1ncc(N2CCC3(CCOCC3)C2)cc1Nc1ncc(Cl)c(Nc2ccccc2P(C)(C)=O)n1. The molecule has 748 valence electrons. The van der Waals surface area contributed by atoms with Crippen LogP contribution < -0.4 is 102 Å². The Morgan fingerprint density at radius 2 is 0.620 bits per heavy atom. The van der Waals surface area contributed by atoms with Crippen molar-refractivity contribution in [1.82, 2.24) is 59.8 Å². The zero-order chi connectivity index (χ0) is 99.9. The van der Waals surface area contributed by atoms with Crippen LogP contribution in [0, 0.1) is 21.7 Å². The minimum Gasteiger partial charge on any atom is -0.491 e. The third-order valence-corrected chi connectivity index (χ3v) is 33.5. The molecule has 8 fully saturated rings. The number of anilines is 20. The molecule has 4 spiro atoms. The van der Waals surface area contributed by atoms with Crippen LogP contribution in [-0.2, 0) is 37.2 Å². The Morgan fingerprint density at radius 1 is 0.310 bits per heavy atom. The number of pyridine rings is 4. The number of benzene rings is 4. The lowest BCUT2D eigenvalue weighted by molar-refractivity contribution is -0.127. The summed E-state index contributed by atoms with van der Waals surface area (Å²) in [5.74, 6) is 5.66. The number of halogens is 4. The number of methoxy groups -OCH3 is 4. The highest BCUT2D eigenvalue weighted by Crippen LogP contribution is 2.51. The average molecular weight is 2090 g/mol. The van der Waals surface area contributed by atoms with Crippen molar-refractivity contribution in [3.8, 4) is 23.4 Å². The molecule has 0 atom stereocenters. The maximum atomic E-state index is 12.8. The summed E-state index contributed by atoms with van der Waals surface area (Å²) in [6.45, 7) is 28.1. The molecule has 4 aromatic carbocycles. The first-order valence-electron chi connectivity index (χ1n) is 46.4. The van der Waals surface area contributed by atoms with Crippen molar-refractivity contribution in [2.45, 2.75) is 38.5 Å². The van der Waals surface area contributed by atoms with Crippen molar-refractivity contribution >= 4 is 212 Å². The summed E-state index contributed by atoms with van der Waals surface area (Å²) in [4.78, 5) is 62.8. The molecule has 8 N–H and O–H groups in total. The van der Waals surface area contributed by atoms with E-state index in [1.54, 1.807) is 94.2 Å². The second kappa shape index (κ2) is 43.2. The maximum Gasteiger partial charge on any atom is 0.237 e. The van der Waals surface area contributed by atoms with Gasteiger partial charge in [-0.15, -0.1) is 0 Å². The Hall–Kier alpha value is -11.5. The largest absolute Gasteiger partial charge is 0.491 e. The second-order valence-electron chi connectivity index (χ2n) is 38.3. The van der Waals surface area contributed by atoms with Gasteiger partial charge in [0.2, 0.25) is 41.4 Å². The number of rotatable bonds is 28. The highest BCUT2D eigenvalue weighted by atomic mass is 35.5. The van der Waals surface area contributed by atoms with E-state index in [2.05, 4.69) is 122 Å². The van der Waals surface area contributed by atoms with E-state index in [-0.39, 0.29) is 5.41 Å². The average Bonchev–Trinajstić information content (AvgIpc) is 1.22. The smallest absolute Gasteiger partial charge is 0.237 e. The molecule has 0 radical (unpaired) electrons. The van der Waals surface area contributed by atoms with Crippen LogP contribution in [-0.4, -0.2) is 247 Å². The molecule has 142 heavy (non-hydrogen) atoms. The first-order valence-corrected chi connectivity index (χ1v) is 58.3. The first kappa shape index (κ1) is 102. The summed E-state index contributed by atoms with van der Waals surface area (Å²) in [7, 11) is -3.69. The molecule has 36 nitrogen and oxygen atoms in total. The topological polar surface area (TPSA) is 406 Å². The van der Waals surface area contributed by atoms with Gasteiger partial charge in [0.25, 0.3) is 0 Å². The van der Waals surface area contributed by atoms with Crippen LogP contribution in [0.15, 0.2) is 171 Å². The van der Waals surface area contributed by atoms with Crippen LogP contribution in [0.1, 0.15) is 38.5 Å². The van der Waals surface area contributed by atoms with Crippen molar-refractivity contribution in [2.24, 2.45) is 21.7 Å². The monoisotopic (exact) mass is 2080 g/mol. The van der Waals surface area contributed by atoms with Gasteiger partial charge < -0.3 is 118 Å². The molecule has 8 aliphatic heterocycles. The normalized spacial score (nSPS) is 16.8. The number of nitrogens with one attached hydrogen (secondary N) is 8. The summed E-state index contributed by atoms with van der Waals surface area (Å²) >= 11 is 25.6. The van der Waals surface area contributed by atoms with E-state index in [0.29, 0.717) is 152 Å². The minimum atomic E-state index is -2.51. The number of hydrogen-bond donors (Lipinski definition) is 8. The van der Waals surface area contributed by atoms with Gasteiger partial charge in [0.15, 0.2) is 34.8 Å². The van der Waals surface area contributed by atoms with Gasteiger partial charge in [-0.25, -0.2) is 39.9 Å².